The molecule has 0 aliphatic carbocycles. The largest absolute Gasteiger partial charge is 0.481 e. The van der Waals surface area contributed by atoms with Gasteiger partial charge < -0.3 is 14.6 Å². The third-order valence-corrected chi connectivity index (χ3v) is 1.94. The molecule has 0 bridgehead atoms. The van der Waals surface area contributed by atoms with Crippen LogP contribution in [0.4, 0.5) is 0 Å². The van der Waals surface area contributed by atoms with E-state index >= 15 is 0 Å². The Hall–Kier alpha value is -0.610. The summed E-state index contributed by atoms with van der Waals surface area (Å²) in [4.78, 5) is 10.6. The number of carboxylic acids is 1. The van der Waals surface area contributed by atoms with E-state index in [9.17, 15) is 4.79 Å². The Kier molecular flexibility index (Phi) is 4.04. The van der Waals surface area contributed by atoms with Gasteiger partial charge in [0.25, 0.3) is 0 Å². The average Bonchev–Trinajstić information content (AvgIpc) is 2.15. The van der Waals surface area contributed by atoms with Gasteiger partial charge in [-0.2, -0.15) is 0 Å². The zero-order chi connectivity index (χ0) is 8.81. The highest BCUT2D eigenvalue weighted by Gasteiger charge is 2.17. The maximum Gasteiger partial charge on any atom is 0.306 e. The van der Waals surface area contributed by atoms with Gasteiger partial charge in [0.1, 0.15) is 0 Å². The highest BCUT2D eigenvalue weighted by molar-refractivity contribution is 5.69. The zero-order valence-electron chi connectivity index (χ0n) is 6.99. The van der Waals surface area contributed by atoms with Gasteiger partial charge in [0.2, 0.25) is 0 Å². The maximum atomic E-state index is 10.6. The molecule has 0 aromatic heterocycles. The van der Waals surface area contributed by atoms with Crippen LogP contribution in [0.2, 0.25) is 0 Å². The van der Waals surface area contributed by atoms with Gasteiger partial charge in [0.15, 0.2) is 0 Å². The number of hydrogen-bond donors (Lipinski definition) is 1. The normalized spacial score (nSPS) is 22.3. The molecule has 0 amide bonds. The van der Waals surface area contributed by atoms with Crippen LogP contribution in [0.1, 0.15) is 12.8 Å². The number of aliphatic carboxylic acids is 1. The fourth-order valence-corrected chi connectivity index (χ4v) is 1.16. The van der Waals surface area contributed by atoms with Crippen molar-refractivity contribution in [1.82, 2.24) is 0 Å². The first kappa shape index (κ1) is 9.48. The van der Waals surface area contributed by atoms with Crippen LogP contribution in [0.3, 0.4) is 0 Å². The summed E-state index contributed by atoms with van der Waals surface area (Å²) in [5, 5.41) is 8.74. The van der Waals surface area contributed by atoms with E-state index < -0.39 is 5.97 Å². The van der Waals surface area contributed by atoms with Gasteiger partial charge >= 0.3 is 5.97 Å². The van der Waals surface area contributed by atoms with Crippen molar-refractivity contribution in [3.8, 4) is 0 Å². The summed E-state index contributed by atoms with van der Waals surface area (Å²) < 4.78 is 10.3. The van der Waals surface area contributed by atoms with E-state index in [1.54, 1.807) is 0 Å². The molecule has 0 saturated carbocycles. The maximum absolute atomic E-state index is 10.6. The first-order chi connectivity index (χ1) is 5.80. The molecule has 4 heteroatoms. The van der Waals surface area contributed by atoms with Crippen LogP contribution >= 0.6 is 0 Å². The van der Waals surface area contributed by atoms with Gasteiger partial charge in [-0.05, 0) is 12.8 Å². The second-order valence-corrected chi connectivity index (χ2v) is 2.84. The van der Waals surface area contributed by atoms with Gasteiger partial charge in [-0.15, -0.1) is 0 Å². The molecule has 4 nitrogen and oxygen atoms in total. The minimum Gasteiger partial charge on any atom is -0.481 e. The van der Waals surface area contributed by atoms with Crippen molar-refractivity contribution in [2.45, 2.75) is 12.8 Å². The first-order valence-electron chi connectivity index (χ1n) is 4.19. The minimum atomic E-state index is -0.746. The molecule has 1 heterocycles. The Morgan fingerprint density at radius 3 is 2.00 bits per heavy atom. The van der Waals surface area contributed by atoms with Gasteiger partial charge in [0, 0.05) is 13.2 Å². The third-order valence-electron chi connectivity index (χ3n) is 1.94. The Bertz CT molecular complexity index is 136. The average molecular weight is 174 g/mol. The second-order valence-electron chi connectivity index (χ2n) is 2.84. The highest BCUT2D eigenvalue weighted by Crippen LogP contribution is 2.10. The molecule has 1 aliphatic heterocycles. The molecule has 1 N–H and O–H groups in total. The lowest BCUT2D eigenvalue weighted by Crippen LogP contribution is -2.16. The molecule has 1 fully saturated rings. The summed E-state index contributed by atoms with van der Waals surface area (Å²) in [6, 6.07) is 0. The molecule has 0 unspecified atom stereocenters. The molecular weight excluding hydrogens is 160 g/mol. The van der Waals surface area contributed by atoms with Crippen LogP contribution in [0.5, 0.6) is 0 Å². The van der Waals surface area contributed by atoms with Crippen molar-refractivity contribution in [2.24, 2.45) is 5.92 Å². The lowest BCUT2D eigenvalue weighted by atomic mass is 10.0. The van der Waals surface area contributed by atoms with Crippen molar-refractivity contribution in [2.75, 3.05) is 26.4 Å². The standard InChI is InChI=1S/C8H14O4/c9-8(10)7-1-3-11-5-6-12-4-2-7/h7H,1-6H2,(H,9,10). The second kappa shape index (κ2) is 5.11. The lowest BCUT2D eigenvalue weighted by Gasteiger charge is -2.08. The fraction of sp³-hybridized carbons (Fsp3) is 0.875. The molecule has 1 saturated heterocycles. The molecule has 1 rings (SSSR count). The van der Waals surface area contributed by atoms with Gasteiger partial charge in [0.05, 0.1) is 19.1 Å². The SMILES string of the molecule is O=C(O)C1CCOCCOCC1. The van der Waals surface area contributed by atoms with Gasteiger partial charge in [-0.1, -0.05) is 0 Å². The highest BCUT2D eigenvalue weighted by atomic mass is 16.5. The van der Waals surface area contributed by atoms with E-state index in [1.807, 2.05) is 0 Å². The number of carboxylic acid groups (broad SMARTS) is 1. The lowest BCUT2D eigenvalue weighted by molar-refractivity contribution is -0.142. The quantitative estimate of drug-likeness (QED) is 0.629. The van der Waals surface area contributed by atoms with E-state index in [0.29, 0.717) is 39.3 Å². The summed E-state index contributed by atoms with van der Waals surface area (Å²) >= 11 is 0. The van der Waals surface area contributed by atoms with Crippen LogP contribution < -0.4 is 0 Å². The Balaban J connectivity index is 2.33. The number of rotatable bonds is 1. The van der Waals surface area contributed by atoms with Gasteiger partial charge in [-0.3, -0.25) is 4.79 Å². The van der Waals surface area contributed by atoms with E-state index in [-0.39, 0.29) is 5.92 Å². The minimum absolute atomic E-state index is 0.303. The van der Waals surface area contributed by atoms with Gasteiger partial charge in [-0.25, -0.2) is 0 Å². The number of ether oxygens (including phenoxy) is 2. The topological polar surface area (TPSA) is 55.8 Å². The molecule has 12 heavy (non-hydrogen) atoms. The van der Waals surface area contributed by atoms with Crippen LogP contribution in [0.25, 0.3) is 0 Å². The molecule has 1 aliphatic rings. The molecule has 0 spiro atoms. The van der Waals surface area contributed by atoms with Crippen molar-refractivity contribution >= 4 is 5.97 Å². The van der Waals surface area contributed by atoms with Crippen molar-refractivity contribution in [3.05, 3.63) is 0 Å². The van der Waals surface area contributed by atoms with E-state index in [2.05, 4.69) is 0 Å². The van der Waals surface area contributed by atoms with Crippen LogP contribution in [0, 0.1) is 5.92 Å². The Morgan fingerprint density at radius 2 is 1.58 bits per heavy atom. The number of carbonyl (C=O) groups is 1. The molecular formula is C8H14O4. The molecule has 0 radical (unpaired) electrons. The molecule has 0 aromatic carbocycles. The summed E-state index contributed by atoms with van der Waals surface area (Å²) in [5.74, 6) is -1.05. The van der Waals surface area contributed by atoms with Crippen LogP contribution in [-0.2, 0) is 14.3 Å². The Morgan fingerprint density at radius 1 is 1.08 bits per heavy atom. The van der Waals surface area contributed by atoms with E-state index in [1.165, 1.54) is 0 Å². The van der Waals surface area contributed by atoms with Crippen LogP contribution in [0.15, 0.2) is 0 Å². The summed E-state index contributed by atoms with van der Waals surface area (Å²) in [6.45, 7) is 2.21. The van der Waals surface area contributed by atoms with E-state index in [4.69, 9.17) is 14.6 Å². The fourth-order valence-electron chi connectivity index (χ4n) is 1.16. The van der Waals surface area contributed by atoms with Crippen molar-refractivity contribution in [3.63, 3.8) is 0 Å². The summed E-state index contributed by atoms with van der Waals surface area (Å²) in [5.41, 5.74) is 0. The molecule has 70 valence electrons. The predicted molar refractivity (Wildman–Crippen MR) is 42.0 cm³/mol. The first-order valence-corrected chi connectivity index (χ1v) is 4.19. The summed E-state index contributed by atoms with van der Waals surface area (Å²) in [7, 11) is 0. The third kappa shape index (κ3) is 3.19. The monoisotopic (exact) mass is 174 g/mol. The zero-order valence-corrected chi connectivity index (χ0v) is 6.99. The Labute approximate surface area is 71.5 Å². The smallest absolute Gasteiger partial charge is 0.306 e. The van der Waals surface area contributed by atoms with Crippen LogP contribution in [-0.4, -0.2) is 37.5 Å². The molecule has 0 aromatic rings. The number of hydrogen-bond acceptors (Lipinski definition) is 3. The molecule has 0 atom stereocenters. The predicted octanol–water partition coefficient (Wildman–Crippen LogP) is 0.514. The van der Waals surface area contributed by atoms with Crippen molar-refractivity contribution in [1.29, 1.82) is 0 Å². The summed E-state index contributed by atoms with van der Waals surface area (Å²) in [6.07, 6.45) is 1.19. The van der Waals surface area contributed by atoms with E-state index in [0.717, 1.165) is 0 Å². The van der Waals surface area contributed by atoms with Crippen molar-refractivity contribution < 1.29 is 19.4 Å².